The molecule has 19 heavy (non-hydrogen) atoms. The van der Waals surface area contributed by atoms with Crippen LogP contribution in [0.5, 0.6) is 0 Å². The third-order valence-electron chi connectivity index (χ3n) is 3.16. The van der Waals surface area contributed by atoms with Gasteiger partial charge in [0.15, 0.2) is 0 Å². The van der Waals surface area contributed by atoms with Crippen LogP contribution in [0.4, 0.5) is 11.4 Å². The lowest BCUT2D eigenvalue weighted by atomic mass is 10.1. The Kier molecular flexibility index (Phi) is 3.25. The van der Waals surface area contributed by atoms with Crippen LogP contribution < -0.4 is 10.6 Å². The quantitative estimate of drug-likeness (QED) is 0.887. The molecule has 2 aromatic rings. The smallest absolute Gasteiger partial charge is 0.255 e. The number of nitrogens with one attached hydrogen (secondary N) is 2. The number of rotatable bonds is 2. The Balaban J connectivity index is 1.81. The number of fused-ring (bicyclic) bond motifs is 1. The lowest BCUT2D eigenvalue weighted by molar-refractivity contribution is 0.102. The van der Waals surface area contributed by atoms with Gasteiger partial charge in [0.25, 0.3) is 5.91 Å². The van der Waals surface area contributed by atoms with Crippen molar-refractivity contribution in [2.45, 2.75) is 6.42 Å². The Bertz CT molecular complexity index is 640. The summed E-state index contributed by atoms with van der Waals surface area (Å²) in [6, 6.07) is 13.4. The van der Waals surface area contributed by atoms with Crippen LogP contribution in [0.25, 0.3) is 0 Å². The minimum atomic E-state index is -0.0883. The predicted molar refractivity (Wildman–Crippen MR) is 80.7 cm³/mol. The zero-order chi connectivity index (χ0) is 13.2. The van der Waals surface area contributed by atoms with Gasteiger partial charge in [0.05, 0.1) is 0 Å². The molecule has 0 atom stereocenters. The van der Waals surface area contributed by atoms with Crippen molar-refractivity contribution >= 4 is 33.2 Å². The Morgan fingerprint density at radius 3 is 2.95 bits per heavy atom. The summed E-state index contributed by atoms with van der Waals surface area (Å²) in [7, 11) is 0. The maximum absolute atomic E-state index is 12.2. The molecule has 1 heterocycles. The van der Waals surface area contributed by atoms with E-state index in [1.165, 1.54) is 5.56 Å². The fraction of sp³-hybridized carbons (Fsp3) is 0.133. The molecule has 0 bridgehead atoms. The maximum Gasteiger partial charge on any atom is 0.255 e. The summed E-state index contributed by atoms with van der Waals surface area (Å²) in [6.45, 7) is 0.950. The van der Waals surface area contributed by atoms with Gasteiger partial charge in [-0.2, -0.15) is 0 Å². The fourth-order valence-electron chi connectivity index (χ4n) is 2.20. The van der Waals surface area contributed by atoms with Crippen molar-refractivity contribution in [2.24, 2.45) is 0 Å². The number of halogens is 1. The van der Waals surface area contributed by atoms with Crippen LogP contribution in [0.15, 0.2) is 46.9 Å². The van der Waals surface area contributed by atoms with Crippen molar-refractivity contribution in [2.75, 3.05) is 17.2 Å². The summed E-state index contributed by atoms with van der Waals surface area (Å²) in [5, 5.41) is 6.17. The van der Waals surface area contributed by atoms with E-state index in [4.69, 9.17) is 0 Å². The van der Waals surface area contributed by atoms with Crippen LogP contribution in [0.3, 0.4) is 0 Å². The molecule has 0 spiro atoms. The van der Waals surface area contributed by atoms with Crippen LogP contribution >= 0.6 is 15.9 Å². The molecule has 3 rings (SSSR count). The van der Waals surface area contributed by atoms with Gasteiger partial charge in [-0.15, -0.1) is 0 Å². The standard InChI is InChI=1S/C15H13BrN2O/c16-12-2-1-3-13(9-12)18-15(19)11-5-4-10-6-7-17-14(10)8-11/h1-5,8-9,17H,6-7H2,(H,18,19). The number of carbonyl (C=O) groups excluding carboxylic acids is 1. The van der Waals surface area contributed by atoms with Crippen molar-refractivity contribution < 1.29 is 4.79 Å². The summed E-state index contributed by atoms with van der Waals surface area (Å²) in [5.74, 6) is -0.0883. The van der Waals surface area contributed by atoms with Gasteiger partial charge in [0.2, 0.25) is 0 Å². The van der Waals surface area contributed by atoms with Crippen molar-refractivity contribution in [3.63, 3.8) is 0 Å². The number of hydrogen-bond donors (Lipinski definition) is 2. The minimum Gasteiger partial charge on any atom is -0.384 e. The van der Waals surface area contributed by atoms with Gasteiger partial charge in [-0.25, -0.2) is 0 Å². The first-order valence-corrected chi connectivity index (χ1v) is 6.95. The summed E-state index contributed by atoms with van der Waals surface area (Å²) in [4.78, 5) is 12.2. The molecule has 96 valence electrons. The van der Waals surface area contributed by atoms with E-state index >= 15 is 0 Å². The van der Waals surface area contributed by atoms with Crippen molar-refractivity contribution in [3.05, 3.63) is 58.1 Å². The van der Waals surface area contributed by atoms with Crippen LogP contribution in [-0.4, -0.2) is 12.5 Å². The molecular weight excluding hydrogens is 304 g/mol. The van der Waals surface area contributed by atoms with Crippen LogP contribution in [-0.2, 0) is 6.42 Å². The number of carbonyl (C=O) groups is 1. The molecule has 0 saturated carbocycles. The third kappa shape index (κ3) is 2.63. The SMILES string of the molecule is O=C(Nc1cccc(Br)c1)c1ccc2c(c1)NCC2. The number of amides is 1. The van der Waals surface area contributed by atoms with Gasteiger partial charge < -0.3 is 10.6 Å². The molecule has 0 radical (unpaired) electrons. The van der Waals surface area contributed by atoms with Gasteiger partial charge >= 0.3 is 0 Å². The first-order valence-electron chi connectivity index (χ1n) is 6.16. The van der Waals surface area contributed by atoms with Gasteiger partial charge in [0.1, 0.15) is 0 Å². The van der Waals surface area contributed by atoms with Crippen molar-refractivity contribution in [3.8, 4) is 0 Å². The van der Waals surface area contributed by atoms with Gasteiger partial charge in [0, 0.05) is 28.0 Å². The maximum atomic E-state index is 12.2. The zero-order valence-corrected chi connectivity index (χ0v) is 11.8. The Hall–Kier alpha value is -1.81. The van der Waals surface area contributed by atoms with Crippen molar-refractivity contribution in [1.82, 2.24) is 0 Å². The molecule has 2 N–H and O–H groups in total. The highest BCUT2D eigenvalue weighted by Gasteiger charge is 2.13. The summed E-state index contributed by atoms with van der Waals surface area (Å²) in [6.07, 6.45) is 1.03. The molecule has 0 aliphatic carbocycles. The molecule has 0 fully saturated rings. The van der Waals surface area contributed by atoms with E-state index in [2.05, 4.69) is 26.6 Å². The average molecular weight is 317 g/mol. The fourth-order valence-corrected chi connectivity index (χ4v) is 2.60. The van der Waals surface area contributed by atoms with Crippen molar-refractivity contribution in [1.29, 1.82) is 0 Å². The van der Waals surface area contributed by atoms with E-state index in [1.807, 2.05) is 42.5 Å². The van der Waals surface area contributed by atoms with E-state index in [9.17, 15) is 4.79 Å². The summed E-state index contributed by atoms with van der Waals surface area (Å²) in [5.41, 5.74) is 3.81. The van der Waals surface area contributed by atoms with E-state index < -0.39 is 0 Å². The minimum absolute atomic E-state index is 0.0883. The first-order chi connectivity index (χ1) is 9.22. The lowest BCUT2D eigenvalue weighted by Gasteiger charge is -2.07. The molecule has 2 aromatic carbocycles. The van der Waals surface area contributed by atoms with Gasteiger partial charge in [-0.1, -0.05) is 28.1 Å². The summed E-state index contributed by atoms with van der Waals surface area (Å²) < 4.78 is 0.945. The Morgan fingerprint density at radius 1 is 1.21 bits per heavy atom. The number of benzene rings is 2. The number of anilines is 2. The Morgan fingerprint density at radius 2 is 2.11 bits per heavy atom. The first kappa shape index (κ1) is 12.2. The number of hydrogen-bond acceptors (Lipinski definition) is 2. The van der Waals surface area contributed by atoms with Crippen LogP contribution in [0.2, 0.25) is 0 Å². The molecule has 1 amide bonds. The predicted octanol–water partition coefficient (Wildman–Crippen LogP) is 3.67. The highest BCUT2D eigenvalue weighted by Crippen LogP contribution is 2.24. The molecule has 3 nitrogen and oxygen atoms in total. The average Bonchev–Trinajstić information content (AvgIpc) is 2.85. The normalized spacial score (nSPS) is 12.7. The third-order valence-corrected chi connectivity index (χ3v) is 3.66. The second-order valence-corrected chi connectivity index (χ2v) is 5.43. The van der Waals surface area contributed by atoms with Crippen LogP contribution in [0.1, 0.15) is 15.9 Å². The molecule has 4 heteroatoms. The second kappa shape index (κ2) is 5.05. The second-order valence-electron chi connectivity index (χ2n) is 4.51. The largest absolute Gasteiger partial charge is 0.384 e. The molecular formula is C15H13BrN2O. The van der Waals surface area contributed by atoms with E-state index in [0.29, 0.717) is 5.56 Å². The van der Waals surface area contributed by atoms with Gasteiger partial charge in [-0.05, 0) is 42.3 Å². The van der Waals surface area contributed by atoms with E-state index in [-0.39, 0.29) is 5.91 Å². The molecule has 0 unspecified atom stereocenters. The molecule has 1 aliphatic heterocycles. The highest BCUT2D eigenvalue weighted by molar-refractivity contribution is 9.10. The van der Waals surface area contributed by atoms with Gasteiger partial charge in [-0.3, -0.25) is 4.79 Å². The zero-order valence-electron chi connectivity index (χ0n) is 10.2. The summed E-state index contributed by atoms with van der Waals surface area (Å²) >= 11 is 3.39. The molecule has 0 aromatic heterocycles. The Labute approximate surface area is 120 Å². The highest BCUT2D eigenvalue weighted by atomic mass is 79.9. The van der Waals surface area contributed by atoms with Crippen LogP contribution in [0, 0.1) is 0 Å². The molecule has 1 aliphatic rings. The van der Waals surface area contributed by atoms with E-state index in [1.54, 1.807) is 0 Å². The van der Waals surface area contributed by atoms with E-state index in [0.717, 1.165) is 28.8 Å². The topological polar surface area (TPSA) is 41.1 Å². The monoisotopic (exact) mass is 316 g/mol. The lowest BCUT2D eigenvalue weighted by Crippen LogP contribution is -2.12. The molecule has 0 saturated heterocycles.